The van der Waals surface area contributed by atoms with Crippen LogP contribution in [-0.2, 0) is 15.9 Å². The van der Waals surface area contributed by atoms with Crippen LogP contribution >= 0.6 is 0 Å². The highest BCUT2D eigenvalue weighted by atomic mass is 16.5. The summed E-state index contributed by atoms with van der Waals surface area (Å²) in [5.41, 5.74) is 10.1. The van der Waals surface area contributed by atoms with Crippen molar-refractivity contribution in [1.82, 2.24) is 19.9 Å². The van der Waals surface area contributed by atoms with Gasteiger partial charge in [0.1, 0.15) is 5.82 Å². The molecule has 4 aliphatic rings. The summed E-state index contributed by atoms with van der Waals surface area (Å²) in [6.07, 6.45) is 5.04. The van der Waals surface area contributed by atoms with Crippen LogP contribution in [0.5, 0.6) is 0 Å². The summed E-state index contributed by atoms with van der Waals surface area (Å²) >= 11 is 0. The van der Waals surface area contributed by atoms with E-state index >= 15 is 0 Å². The molecule has 1 aliphatic carbocycles. The Labute approximate surface area is 169 Å². The van der Waals surface area contributed by atoms with Crippen molar-refractivity contribution in [2.24, 2.45) is 0 Å². The topological polar surface area (TPSA) is 103 Å². The van der Waals surface area contributed by atoms with E-state index < -0.39 is 0 Å². The Balaban J connectivity index is 1.51. The maximum absolute atomic E-state index is 5.92. The number of nitrogens with zero attached hydrogens (tertiary/aromatic N) is 6. The van der Waals surface area contributed by atoms with E-state index in [0.717, 1.165) is 80.8 Å². The summed E-state index contributed by atoms with van der Waals surface area (Å²) in [5, 5.41) is 0. The lowest BCUT2D eigenvalue weighted by Crippen LogP contribution is -2.43. The molecule has 6 rings (SSSR count). The molecule has 3 aliphatic heterocycles. The van der Waals surface area contributed by atoms with Gasteiger partial charge in [-0.25, -0.2) is 15.0 Å². The summed E-state index contributed by atoms with van der Waals surface area (Å²) in [5.74, 6) is 2.61. The smallest absolute Gasteiger partial charge is 0.228 e. The normalized spacial score (nSPS) is 23.8. The van der Waals surface area contributed by atoms with Crippen LogP contribution in [0.1, 0.15) is 30.0 Å². The van der Waals surface area contributed by atoms with Crippen molar-refractivity contribution >= 4 is 17.7 Å². The van der Waals surface area contributed by atoms with E-state index in [0.29, 0.717) is 31.1 Å². The molecular weight excluding hydrogens is 370 g/mol. The fourth-order valence-electron chi connectivity index (χ4n) is 4.61. The molecular formula is C20H25N7O2. The van der Waals surface area contributed by atoms with Crippen LogP contribution in [0.2, 0.25) is 0 Å². The Morgan fingerprint density at radius 1 is 1.00 bits per heavy atom. The molecule has 5 heterocycles. The van der Waals surface area contributed by atoms with Gasteiger partial charge in [0, 0.05) is 49.3 Å². The van der Waals surface area contributed by atoms with Gasteiger partial charge < -0.3 is 25.0 Å². The minimum Gasteiger partial charge on any atom is -0.378 e. The Morgan fingerprint density at radius 3 is 2.66 bits per heavy atom. The fraction of sp³-hybridized carbons (Fsp3) is 0.600. The monoisotopic (exact) mass is 395 g/mol. The molecule has 0 bridgehead atoms. The van der Waals surface area contributed by atoms with Crippen molar-refractivity contribution in [2.75, 3.05) is 61.6 Å². The van der Waals surface area contributed by atoms with Crippen LogP contribution < -0.4 is 15.5 Å². The average molecular weight is 395 g/mol. The molecule has 0 spiro atoms. The highest BCUT2D eigenvalue weighted by Crippen LogP contribution is 2.46. The lowest BCUT2D eigenvalue weighted by Gasteiger charge is -2.32. The molecule has 0 aromatic carbocycles. The molecule has 152 valence electrons. The van der Waals surface area contributed by atoms with E-state index in [-0.39, 0.29) is 0 Å². The molecule has 9 nitrogen and oxygen atoms in total. The SMILES string of the molecule is Nc1ncc(-c2nc(N3CCOCC3)nc3c2C[C@H]2COCCN32)c(C2CC2)n1. The van der Waals surface area contributed by atoms with E-state index in [1.807, 2.05) is 6.20 Å². The van der Waals surface area contributed by atoms with Gasteiger partial charge in [-0.15, -0.1) is 0 Å². The molecule has 0 unspecified atom stereocenters. The zero-order chi connectivity index (χ0) is 19.4. The maximum atomic E-state index is 5.92. The van der Waals surface area contributed by atoms with Crippen molar-refractivity contribution in [3.8, 4) is 11.3 Å². The minimum atomic E-state index is 0.325. The first-order valence-corrected chi connectivity index (χ1v) is 10.5. The van der Waals surface area contributed by atoms with Gasteiger partial charge in [0.25, 0.3) is 0 Å². The first kappa shape index (κ1) is 17.3. The van der Waals surface area contributed by atoms with Crippen LogP contribution in [0, 0.1) is 0 Å². The van der Waals surface area contributed by atoms with Gasteiger partial charge in [-0.05, 0) is 12.8 Å². The Kier molecular flexibility index (Phi) is 4.05. The first-order valence-electron chi connectivity index (χ1n) is 10.5. The molecule has 3 fully saturated rings. The zero-order valence-corrected chi connectivity index (χ0v) is 16.4. The van der Waals surface area contributed by atoms with Gasteiger partial charge in [-0.2, -0.15) is 4.98 Å². The molecule has 2 aromatic heterocycles. The maximum Gasteiger partial charge on any atom is 0.228 e. The molecule has 0 radical (unpaired) electrons. The largest absolute Gasteiger partial charge is 0.378 e. The summed E-state index contributed by atoms with van der Waals surface area (Å²) in [6, 6.07) is 0.325. The quantitative estimate of drug-likeness (QED) is 0.815. The third kappa shape index (κ3) is 3.00. The highest BCUT2D eigenvalue weighted by Gasteiger charge is 2.38. The third-order valence-electron chi connectivity index (χ3n) is 6.26. The van der Waals surface area contributed by atoms with Crippen molar-refractivity contribution in [2.45, 2.75) is 31.2 Å². The summed E-state index contributed by atoms with van der Waals surface area (Å²) in [6.45, 7) is 5.35. The molecule has 2 N–H and O–H groups in total. The average Bonchev–Trinajstić information content (AvgIpc) is 3.54. The van der Waals surface area contributed by atoms with Crippen LogP contribution in [0.15, 0.2) is 6.20 Å². The predicted octanol–water partition coefficient (Wildman–Crippen LogP) is 0.991. The number of hydrogen-bond acceptors (Lipinski definition) is 9. The van der Waals surface area contributed by atoms with Crippen molar-refractivity contribution < 1.29 is 9.47 Å². The Morgan fingerprint density at radius 2 is 1.83 bits per heavy atom. The molecule has 2 saturated heterocycles. The molecule has 9 heteroatoms. The lowest BCUT2D eigenvalue weighted by atomic mass is 10.0. The van der Waals surface area contributed by atoms with Crippen LogP contribution in [-0.4, -0.2) is 72.0 Å². The fourth-order valence-corrected chi connectivity index (χ4v) is 4.61. The number of ether oxygens (including phenoxy) is 2. The first-order chi connectivity index (χ1) is 14.3. The number of nitrogens with two attached hydrogens (primary N) is 1. The van der Waals surface area contributed by atoms with E-state index in [4.69, 9.17) is 25.2 Å². The Bertz CT molecular complexity index is 943. The number of morpholine rings is 2. The van der Waals surface area contributed by atoms with E-state index in [1.54, 1.807) is 0 Å². The van der Waals surface area contributed by atoms with Crippen LogP contribution in [0.3, 0.4) is 0 Å². The second kappa shape index (κ2) is 6.77. The van der Waals surface area contributed by atoms with Gasteiger partial charge in [-0.3, -0.25) is 0 Å². The number of nitrogen functional groups attached to an aromatic ring is 1. The highest BCUT2D eigenvalue weighted by molar-refractivity contribution is 5.75. The third-order valence-corrected chi connectivity index (χ3v) is 6.26. The van der Waals surface area contributed by atoms with Crippen molar-refractivity contribution in [3.05, 3.63) is 17.5 Å². The van der Waals surface area contributed by atoms with Gasteiger partial charge in [0.05, 0.1) is 43.9 Å². The van der Waals surface area contributed by atoms with Gasteiger partial charge in [0.15, 0.2) is 0 Å². The number of hydrogen-bond donors (Lipinski definition) is 1. The summed E-state index contributed by atoms with van der Waals surface area (Å²) in [4.78, 5) is 23.6. The number of rotatable bonds is 3. The molecule has 1 saturated carbocycles. The predicted molar refractivity (Wildman–Crippen MR) is 108 cm³/mol. The lowest BCUT2D eigenvalue weighted by molar-refractivity contribution is 0.0974. The van der Waals surface area contributed by atoms with Crippen LogP contribution in [0.4, 0.5) is 17.7 Å². The standard InChI is InChI=1S/C20H25N7O2/c21-19-22-10-15(16(23-19)12-1-2-12)17-14-9-13-11-29-8-5-27(13)18(14)25-20(24-17)26-3-6-28-7-4-26/h10,12-13H,1-9,11H2,(H2,21,22,23)/t13-/m0/s1. The van der Waals surface area contributed by atoms with E-state index in [9.17, 15) is 0 Å². The van der Waals surface area contributed by atoms with Crippen molar-refractivity contribution in [3.63, 3.8) is 0 Å². The molecule has 2 aromatic rings. The van der Waals surface area contributed by atoms with Gasteiger partial charge >= 0.3 is 0 Å². The van der Waals surface area contributed by atoms with Crippen molar-refractivity contribution in [1.29, 1.82) is 0 Å². The summed E-state index contributed by atoms with van der Waals surface area (Å²) in [7, 11) is 0. The van der Waals surface area contributed by atoms with Crippen LogP contribution in [0.25, 0.3) is 11.3 Å². The number of fused-ring (bicyclic) bond motifs is 3. The summed E-state index contributed by atoms with van der Waals surface area (Å²) < 4.78 is 11.3. The Hall–Kier alpha value is -2.52. The van der Waals surface area contributed by atoms with E-state index in [1.165, 1.54) is 5.56 Å². The van der Waals surface area contributed by atoms with Gasteiger partial charge in [0.2, 0.25) is 11.9 Å². The zero-order valence-electron chi connectivity index (χ0n) is 16.4. The molecule has 29 heavy (non-hydrogen) atoms. The van der Waals surface area contributed by atoms with Gasteiger partial charge in [-0.1, -0.05) is 0 Å². The molecule has 0 amide bonds. The number of anilines is 3. The second-order valence-corrected chi connectivity index (χ2v) is 8.20. The van der Waals surface area contributed by atoms with E-state index in [2.05, 4.69) is 19.8 Å². The second-order valence-electron chi connectivity index (χ2n) is 8.20. The minimum absolute atomic E-state index is 0.325. The molecule has 1 atom stereocenters. The number of aromatic nitrogens is 4.